The van der Waals surface area contributed by atoms with Gasteiger partial charge in [-0.15, -0.1) is 0 Å². The fourth-order valence-corrected chi connectivity index (χ4v) is 2.69. The minimum Gasteiger partial charge on any atom is -0.324 e. The summed E-state index contributed by atoms with van der Waals surface area (Å²) in [6, 6.07) is 9.23. The van der Waals surface area contributed by atoms with Crippen molar-refractivity contribution in [1.82, 2.24) is 0 Å². The van der Waals surface area contributed by atoms with Gasteiger partial charge in [0.1, 0.15) is 0 Å². The maximum Gasteiger partial charge on any atom is 0.0292 e. The Kier molecular flexibility index (Phi) is 4.00. The Bertz CT molecular complexity index is 309. The highest BCUT2D eigenvalue weighted by Gasteiger charge is 2.15. The average Bonchev–Trinajstić information content (AvgIpc) is 2.39. The highest BCUT2D eigenvalue weighted by atomic mass is 14.6. The molecule has 1 atom stereocenters. The summed E-state index contributed by atoms with van der Waals surface area (Å²) in [7, 11) is 0. The standard InChI is InChI=1S/C15H23N/c1-2-15(16)14-10-8-13(9-11-14)12-6-4-3-5-7-12/h8-12,15H,2-7,16H2,1H3/t15-/m1/s1. The lowest BCUT2D eigenvalue weighted by molar-refractivity contribution is 0.443. The first-order valence-corrected chi connectivity index (χ1v) is 6.66. The lowest BCUT2D eigenvalue weighted by Gasteiger charge is -2.22. The molecule has 16 heavy (non-hydrogen) atoms. The molecule has 0 aliphatic heterocycles. The molecule has 1 aliphatic carbocycles. The van der Waals surface area contributed by atoms with Crippen LogP contribution in [0.3, 0.4) is 0 Å². The van der Waals surface area contributed by atoms with Crippen molar-refractivity contribution in [1.29, 1.82) is 0 Å². The van der Waals surface area contributed by atoms with E-state index in [4.69, 9.17) is 5.73 Å². The summed E-state index contributed by atoms with van der Waals surface area (Å²) < 4.78 is 0. The van der Waals surface area contributed by atoms with Crippen molar-refractivity contribution in [2.45, 2.75) is 57.4 Å². The Morgan fingerprint density at radius 1 is 1.12 bits per heavy atom. The van der Waals surface area contributed by atoms with Crippen LogP contribution in [0, 0.1) is 0 Å². The van der Waals surface area contributed by atoms with Gasteiger partial charge in [-0.3, -0.25) is 0 Å². The van der Waals surface area contributed by atoms with Gasteiger partial charge < -0.3 is 5.73 Å². The number of rotatable bonds is 3. The molecule has 0 bridgehead atoms. The highest BCUT2D eigenvalue weighted by molar-refractivity contribution is 5.27. The van der Waals surface area contributed by atoms with Gasteiger partial charge in [0, 0.05) is 6.04 Å². The number of hydrogen-bond acceptors (Lipinski definition) is 1. The highest BCUT2D eigenvalue weighted by Crippen LogP contribution is 2.32. The lowest BCUT2D eigenvalue weighted by atomic mass is 9.83. The first kappa shape index (κ1) is 11.7. The van der Waals surface area contributed by atoms with Crippen LogP contribution in [-0.4, -0.2) is 0 Å². The van der Waals surface area contributed by atoms with Crippen molar-refractivity contribution in [2.75, 3.05) is 0 Å². The van der Waals surface area contributed by atoms with E-state index in [1.165, 1.54) is 43.2 Å². The lowest BCUT2D eigenvalue weighted by Crippen LogP contribution is -2.09. The van der Waals surface area contributed by atoms with E-state index in [1.54, 1.807) is 0 Å². The van der Waals surface area contributed by atoms with E-state index in [-0.39, 0.29) is 6.04 Å². The van der Waals surface area contributed by atoms with Gasteiger partial charge in [0.15, 0.2) is 0 Å². The summed E-state index contributed by atoms with van der Waals surface area (Å²) in [5.74, 6) is 0.806. The minimum absolute atomic E-state index is 0.209. The van der Waals surface area contributed by atoms with Crippen molar-refractivity contribution >= 4 is 0 Å². The maximum absolute atomic E-state index is 6.02. The summed E-state index contributed by atoms with van der Waals surface area (Å²) in [6.07, 6.45) is 8.00. The van der Waals surface area contributed by atoms with Gasteiger partial charge in [-0.1, -0.05) is 50.5 Å². The molecule has 0 saturated heterocycles. The second-order valence-electron chi connectivity index (χ2n) is 5.02. The predicted molar refractivity (Wildman–Crippen MR) is 69.5 cm³/mol. The van der Waals surface area contributed by atoms with E-state index in [0.717, 1.165) is 12.3 Å². The van der Waals surface area contributed by atoms with E-state index < -0.39 is 0 Å². The van der Waals surface area contributed by atoms with Crippen LogP contribution in [0.4, 0.5) is 0 Å². The Labute approximate surface area is 99.0 Å². The monoisotopic (exact) mass is 217 g/mol. The van der Waals surface area contributed by atoms with Crippen molar-refractivity contribution in [2.24, 2.45) is 5.73 Å². The van der Waals surface area contributed by atoms with Crippen molar-refractivity contribution in [3.63, 3.8) is 0 Å². The fraction of sp³-hybridized carbons (Fsp3) is 0.600. The summed E-state index contributed by atoms with van der Waals surface area (Å²) in [5, 5.41) is 0. The third-order valence-corrected chi connectivity index (χ3v) is 3.88. The Hall–Kier alpha value is -0.820. The van der Waals surface area contributed by atoms with Gasteiger partial charge in [-0.25, -0.2) is 0 Å². The molecule has 2 rings (SSSR count). The van der Waals surface area contributed by atoms with Crippen LogP contribution in [0.25, 0.3) is 0 Å². The molecule has 0 heterocycles. The molecule has 1 aromatic carbocycles. The molecule has 0 aromatic heterocycles. The largest absolute Gasteiger partial charge is 0.324 e. The number of benzene rings is 1. The summed E-state index contributed by atoms with van der Waals surface area (Å²) in [5.41, 5.74) is 8.82. The van der Waals surface area contributed by atoms with E-state index in [0.29, 0.717) is 0 Å². The molecule has 1 saturated carbocycles. The zero-order valence-electron chi connectivity index (χ0n) is 10.3. The number of nitrogens with two attached hydrogens (primary N) is 1. The smallest absolute Gasteiger partial charge is 0.0292 e. The SMILES string of the molecule is CC[C@@H](N)c1ccc(C2CCCCC2)cc1. The van der Waals surface area contributed by atoms with Crippen LogP contribution in [0.1, 0.15) is 68.5 Å². The molecule has 0 spiro atoms. The van der Waals surface area contributed by atoms with Crippen LogP contribution >= 0.6 is 0 Å². The Balaban J connectivity index is 2.06. The van der Waals surface area contributed by atoms with E-state index >= 15 is 0 Å². The van der Waals surface area contributed by atoms with Crippen LogP contribution in [-0.2, 0) is 0 Å². The molecular formula is C15H23N. The second-order valence-corrected chi connectivity index (χ2v) is 5.02. The van der Waals surface area contributed by atoms with Crippen LogP contribution in [0.5, 0.6) is 0 Å². The van der Waals surface area contributed by atoms with Gasteiger partial charge >= 0.3 is 0 Å². The van der Waals surface area contributed by atoms with Crippen molar-refractivity contribution in [3.8, 4) is 0 Å². The molecule has 1 aromatic rings. The summed E-state index contributed by atoms with van der Waals surface area (Å²) in [6.45, 7) is 2.14. The molecule has 1 heteroatoms. The molecule has 1 nitrogen and oxygen atoms in total. The van der Waals surface area contributed by atoms with Crippen molar-refractivity contribution in [3.05, 3.63) is 35.4 Å². The Morgan fingerprint density at radius 3 is 2.31 bits per heavy atom. The topological polar surface area (TPSA) is 26.0 Å². The van der Waals surface area contributed by atoms with E-state index in [9.17, 15) is 0 Å². The van der Waals surface area contributed by atoms with Crippen molar-refractivity contribution < 1.29 is 0 Å². The normalized spacial score (nSPS) is 19.6. The first-order chi connectivity index (χ1) is 7.81. The van der Waals surface area contributed by atoms with Gasteiger partial charge in [0.25, 0.3) is 0 Å². The zero-order chi connectivity index (χ0) is 11.4. The molecule has 0 amide bonds. The van der Waals surface area contributed by atoms with Crippen LogP contribution in [0.2, 0.25) is 0 Å². The number of hydrogen-bond donors (Lipinski definition) is 1. The molecule has 1 aliphatic rings. The zero-order valence-corrected chi connectivity index (χ0v) is 10.3. The Morgan fingerprint density at radius 2 is 1.75 bits per heavy atom. The average molecular weight is 217 g/mol. The van der Waals surface area contributed by atoms with E-state index in [1.807, 2.05) is 0 Å². The van der Waals surface area contributed by atoms with Gasteiger partial charge in [-0.2, -0.15) is 0 Å². The molecule has 0 unspecified atom stereocenters. The quantitative estimate of drug-likeness (QED) is 0.809. The third kappa shape index (κ3) is 2.65. The molecule has 1 fully saturated rings. The van der Waals surface area contributed by atoms with Gasteiger partial charge in [0.2, 0.25) is 0 Å². The third-order valence-electron chi connectivity index (χ3n) is 3.88. The van der Waals surface area contributed by atoms with Crippen LogP contribution in [0.15, 0.2) is 24.3 Å². The summed E-state index contributed by atoms with van der Waals surface area (Å²) in [4.78, 5) is 0. The molecule has 88 valence electrons. The second kappa shape index (κ2) is 5.49. The minimum atomic E-state index is 0.209. The van der Waals surface area contributed by atoms with Gasteiger partial charge in [-0.05, 0) is 36.3 Å². The first-order valence-electron chi connectivity index (χ1n) is 6.66. The molecule has 0 radical (unpaired) electrons. The fourth-order valence-electron chi connectivity index (χ4n) is 2.69. The summed E-state index contributed by atoms with van der Waals surface area (Å²) >= 11 is 0. The van der Waals surface area contributed by atoms with Gasteiger partial charge in [0.05, 0.1) is 0 Å². The maximum atomic E-state index is 6.02. The van der Waals surface area contributed by atoms with Crippen LogP contribution < -0.4 is 5.73 Å². The molecular weight excluding hydrogens is 194 g/mol. The molecule has 2 N–H and O–H groups in total. The van der Waals surface area contributed by atoms with E-state index in [2.05, 4.69) is 31.2 Å². The predicted octanol–water partition coefficient (Wildman–Crippen LogP) is 4.14.